The Balaban J connectivity index is 1.81. The molecule has 2 aliphatic carbocycles. The van der Waals surface area contributed by atoms with Crippen LogP contribution >= 0.6 is 27.7 Å². The van der Waals surface area contributed by atoms with Crippen molar-refractivity contribution in [3.05, 3.63) is 74.8 Å². The summed E-state index contributed by atoms with van der Waals surface area (Å²) in [5, 5.41) is 39.2. The Labute approximate surface area is 213 Å². The molecule has 1 saturated carbocycles. The molecule has 2 aliphatic rings. The third kappa shape index (κ3) is 4.09. The minimum absolute atomic E-state index is 0.0693. The van der Waals surface area contributed by atoms with Gasteiger partial charge in [0.05, 0.1) is 23.9 Å². The average Bonchev–Trinajstić information content (AvgIpc) is 2.84. The zero-order chi connectivity index (χ0) is 24.5. The molecule has 0 radical (unpaired) electrons. The van der Waals surface area contributed by atoms with Crippen LogP contribution in [-0.2, 0) is 5.75 Å². The first kappa shape index (κ1) is 24.3. The lowest BCUT2D eigenvalue weighted by molar-refractivity contribution is 0.319. The Morgan fingerprint density at radius 1 is 1.09 bits per heavy atom. The van der Waals surface area contributed by atoms with Gasteiger partial charge in [-0.2, -0.15) is 15.8 Å². The highest BCUT2D eigenvalue weighted by atomic mass is 79.9. The van der Waals surface area contributed by atoms with Crippen LogP contribution in [0, 0.1) is 70.5 Å². The molecule has 34 heavy (non-hydrogen) atoms. The summed E-state index contributed by atoms with van der Waals surface area (Å²) in [6.45, 7) is 4.12. The quantitative estimate of drug-likeness (QED) is 0.330. The first-order chi connectivity index (χ1) is 16.4. The molecule has 0 spiro atoms. The molecule has 0 unspecified atom stereocenters. The number of thioether (sulfide) groups is 1. The van der Waals surface area contributed by atoms with Crippen molar-refractivity contribution in [3.63, 3.8) is 0 Å². The van der Waals surface area contributed by atoms with Gasteiger partial charge in [0, 0.05) is 21.0 Å². The number of benzene rings is 2. The highest BCUT2D eigenvalue weighted by Crippen LogP contribution is 2.56. The Morgan fingerprint density at radius 2 is 1.79 bits per heavy atom. The molecule has 0 amide bonds. The van der Waals surface area contributed by atoms with Crippen LogP contribution in [-0.4, -0.2) is 5.71 Å². The van der Waals surface area contributed by atoms with E-state index in [1.807, 2.05) is 19.1 Å². The van der Waals surface area contributed by atoms with E-state index in [0.717, 1.165) is 51.8 Å². The highest BCUT2D eigenvalue weighted by molar-refractivity contribution is 9.10. The van der Waals surface area contributed by atoms with E-state index in [1.54, 1.807) is 11.8 Å². The third-order valence-corrected chi connectivity index (χ3v) is 8.78. The van der Waals surface area contributed by atoms with Crippen molar-refractivity contribution in [2.45, 2.75) is 49.7 Å². The van der Waals surface area contributed by atoms with Gasteiger partial charge in [-0.1, -0.05) is 34.1 Å². The predicted molar refractivity (Wildman–Crippen MR) is 138 cm³/mol. The molecule has 0 aromatic heterocycles. The van der Waals surface area contributed by atoms with Gasteiger partial charge in [0.1, 0.15) is 5.92 Å². The summed E-state index contributed by atoms with van der Waals surface area (Å²) in [5.74, 6) is -0.562. The molecule has 0 heterocycles. The van der Waals surface area contributed by atoms with Crippen LogP contribution in [0.15, 0.2) is 57.4 Å². The Bertz CT molecular complexity index is 1280. The summed E-state index contributed by atoms with van der Waals surface area (Å²) >= 11 is 5.23. The lowest BCUT2D eigenvalue weighted by atomic mass is 9.52. The van der Waals surface area contributed by atoms with Crippen molar-refractivity contribution in [1.82, 2.24) is 0 Å². The SMILES string of the molecule is Cc1cc(C)c([C@H]2[C@@H]3CCCC=C3[C@@H](C#N)C(=N)C2(C#N)C#N)cc1CSc1ccc(Br)cc1. The maximum absolute atomic E-state index is 10.3. The van der Waals surface area contributed by atoms with Crippen molar-refractivity contribution >= 4 is 33.4 Å². The molecular weight excluding hydrogens is 504 g/mol. The van der Waals surface area contributed by atoms with Crippen LogP contribution in [0.4, 0.5) is 0 Å². The molecule has 0 aliphatic heterocycles. The highest BCUT2D eigenvalue weighted by Gasteiger charge is 2.57. The van der Waals surface area contributed by atoms with E-state index in [0.29, 0.717) is 0 Å². The number of fused-ring (bicyclic) bond motifs is 1. The van der Waals surface area contributed by atoms with Gasteiger partial charge in [0.15, 0.2) is 5.41 Å². The molecule has 4 rings (SSSR count). The lowest BCUT2D eigenvalue weighted by Crippen LogP contribution is -2.49. The van der Waals surface area contributed by atoms with Crippen molar-refractivity contribution in [3.8, 4) is 18.2 Å². The van der Waals surface area contributed by atoms with Crippen molar-refractivity contribution in [1.29, 1.82) is 21.2 Å². The third-order valence-electron chi connectivity index (χ3n) is 7.19. The first-order valence-electron chi connectivity index (χ1n) is 11.4. The average molecular weight is 530 g/mol. The number of nitrogens with one attached hydrogen (secondary N) is 1. The molecule has 1 fully saturated rings. The van der Waals surface area contributed by atoms with Gasteiger partial charge in [-0.05, 0) is 91.1 Å². The molecule has 6 heteroatoms. The molecule has 1 N–H and O–H groups in total. The molecule has 2 aromatic carbocycles. The van der Waals surface area contributed by atoms with Gasteiger partial charge in [0.25, 0.3) is 0 Å². The van der Waals surface area contributed by atoms with Crippen LogP contribution < -0.4 is 0 Å². The number of rotatable bonds is 4. The van der Waals surface area contributed by atoms with E-state index in [-0.39, 0.29) is 11.6 Å². The molecule has 2 aromatic rings. The number of nitrogens with zero attached hydrogens (tertiary/aromatic N) is 3. The second-order valence-electron chi connectivity index (χ2n) is 9.10. The zero-order valence-electron chi connectivity index (χ0n) is 19.2. The number of allylic oxidation sites excluding steroid dienone is 2. The van der Waals surface area contributed by atoms with Gasteiger partial charge in [-0.3, -0.25) is 0 Å². The maximum atomic E-state index is 10.3. The Kier molecular flexibility index (Phi) is 6.99. The normalized spacial score (nSPS) is 23.1. The minimum Gasteiger partial charge on any atom is -0.305 e. The smallest absolute Gasteiger partial charge is 0.189 e. The summed E-state index contributed by atoms with van der Waals surface area (Å²) in [6.07, 6.45) is 4.73. The van der Waals surface area contributed by atoms with Crippen LogP contribution in [0.1, 0.15) is 47.4 Å². The monoisotopic (exact) mass is 528 g/mol. The van der Waals surface area contributed by atoms with Gasteiger partial charge >= 0.3 is 0 Å². The minimum atomic E-state index is -1.64. The standard InChI is InChI=1S/C28H25BrN4S/c1-17-11-18(2)24(12-19(17)14-34-21-9-7-20(29)8-10-21)26-23-6-4-3-5-22(23)25(13-30)27(33)28(26,15-31)16-32/h5,7-12,23,25-26,33H,3-4,6,14H2,1-2H3/t23-,25-,26-/m1/s1. The molecule has 0 saturated heterocycles. The molecule has 170 valence electrons. The molecule has 4 nitrogen and oxygen atoms in total. The van der Waals surface area contributed by atoms with Crippen LogP contribution in [0.25, 0.3) is 0 Å². The van der Waals surface area contributed by atoms with Gasteiger partial charge in [-0.25, -0.2) is 0 Å². The van der Waals surface area contributed by atoms with E-state index in [2.05, 4.69) is 71.4 Å². The number of hydrogen-bond donors (Lipinski definition) is 1. The van der Waals surface area contributed by atoms with Gasteiger partial charge < -0.3 is 5.41 Å². The zero-order valence-corrected chi connectivity index (χ0v) is 21.6. The fourth-order valence-electron chi connectivity index (χ4n) is 5.45. The number of hydrogen-bond acceptors (Lipinski definition) is 5. The van der Waals surface area contributed by atoms with Gasteiger partial charge in [-0.15, -0.1) is 11.8 Å². The van der Waals surface area contributed by atoms with E-state index in [1.165, 1.54) is 10.5 Å². The summed E-state index contributed by atoms with van der Waals surface area (Å²) in [7, 11) is 0. The van der Waals surface area contributed by atoms with Crippen LogP contribution in [0.5, 0.6) is 0 Å². The fourth-order valence-corrected chi connectivity index (χ4v) is 6.68. The Hall–Kier alpha value is -2.85. The van der Waals surface area contributed by atoms with Crippen LogP contribution in [0.3, 0.4) is 0 Å². The summed E-state index contributed by atoms with van der Waals surface area (Å²) in [5.41, 5.74) is 3.53. The molecule has 3 atom stereocenters. The topological polar surface area (TPSA) is 95.2 Å². The van der Waals surface area contributed by atoms with Gasteiger partial charge in [0.2, 0.25) is 0 Å². The Morgan fingerprint density at radius 3 is 2.44 bits per heavy atom. The fraction of sp³-hybridized carbons (Fsp3) is 0.357. The molecule has 0 bridgehead atoms. The maximum Gasteiger partial charge on any atom is 0.189 e. The second kappa shape index (κ2) is 9.79. The first-order valence-corrected chi connectivity index (χ1v) is 13.1. The number of aryl methyl sites for hydroxylation is 2. The summed E-state index contributed by atoms with van der Waals surface area (Å²) in [6, 6.07) is 19.2. The van der Waals surface area contributed by atoms with E-state index >= 15 is 0 Å². The van der Waals surface area contributed by atoms with E-state index in [9.17, 15) is 15.8 Å². The number of nitriles is 3. The van der Waals surface area contributed by atoms with E-state index < -0.39 is 17.3 Å². The van der Waals surface area contributed by atoms with Crippen molar-refractivity contribution in [2.75, 3.05) is 0 Å². The van der Waals surface area contributed by atoms with Crippen molar-refractivity contribution in [2.24, 2.45) is 17.3 Å². The predicted octanol–water partition coefficient (Wildman–Crippen LogP) is 7.38. The lowest BCUT2D eigenvalue weighted by Gasteiger charge is -2.46. The van der Waals surface area contributed by atoms with E-state index in [4.69, 9.17) is 5.41 Å². The summed E-state index contributed by atoms with van der Waals surface area (Å²) in [4.78, 5) is 1.17. The second-order valence-corrected chi connectivity index (χ2v) is 11.1. The van der Waals surface area contributed by atoms with Crippen LogP contribution in [0.2, 0.25) is 0 Å². The summed E-state index contributed by atoms with van der Waals surface area (Å²) < 4.78 is 1.04. The van der Waals surface area contributed by atoms with Crippen molar-refractivity contribution < 1.29 is 0 Å². The molecular formula is C28H25BrN4S. The largest absolute Gasteiger partial charge is 0.305 e. The number of halogens is 1.